The van der Waals surface area contributed by atoms with E-state index in [0.717, 1.165) is 38.2 Å². The molecule has 41 heavy (non-hydrogen) atoms. The first-order valence-corrected chi connectivity index (χ1v) is 13.3. The Morgan fingerprint density at radius 2 is 1.63 bits per heavy atom. The average molecular weight is 595 g/mol. The molecule has 0 aliphatic rings. The first-order chi connectivity index (χ1) is 19.4. The van der Waals surface area contributed by atoms with Gasteiger partial charge in [-0.2, -0.15) is 4.37 Å². The van der Waals surface area contributed by atoms with Crippen molar-refractivity contribution >= 4 is 46.4 Å². The van der Waals surface area contributed by atoms with E-state index >= 15 is 0 Å². The van der Waals surface area contributed by atoms with Crippen molar-refractivity contribution in [2.75, 3.05) is 33.8 Å². The molecule has 0 spiro atoms. The van der Waals surface area contributed by atoms with E-state index in [2.05, 4.69) is 14.7 Å². The zero-order chi connectivity index (χ0) is 28.2. The van der Waals surface area contributed by atoms with E-state index in [-0.39, 0.29) is 18.3 Å². The highest BCUT2D eigenvalue weighted by Gasteiger charge is 2.21. The Bertz CT molecular complexity index is 1610. The van der Waals surface area contributed by atoms with E-state index in [9.17, 15) is 4.79 Å². The number of hydrogen-bond acceptors (Lipinski definition) is 8. The Hall–Kier alpha value is -4.25. The van der Waals surface area contributed by atoms with Crippen LogP contribution >= 0.6 is 23.9 Å². The molecule has 2 aromatic heterocycles. The molecule has 0 saturated heterocycles. The molecule has 1 atom stereocenters. The summed E-state index contributed by atoms with van der Waals surface area (Å²) in [6.45, 7) is 0. The number of amides is 1. The monoisotopic (exact) mass is 594 g/mol. The molecule has 2 heterocycles. The highest BCUT2D eigenvalue weighted by atomic mass is 35.5. The molecule has 9 nitrogen and oxygen atoms in total. The third kappa shape index (κ3) is 6.09. The number of aromatic nitrogens is 2. The minimum Gasteiger partial charge on any atom is -0.495 e. The molecular weight excluding hydrogens is 564 g/mol. The zero-order valence-corrected chi connectivity index (χ0v) is 24.7. The number of aromatic amines is 1. The largest absolute Gasteiger partial charge is 0.495 e. The number of para-hydroxylation sites is 1. The fraction of sp³-hybridized carbons (Fsp3) is 0.200. The van der Waals surface area contributed by atoms with Crippen molar-refractivity contribution in [3.8, 4) is 44.6 Å². The number of nitrogens with one attached hydrogen (secondary N) is 2. The van der Waals surface area contributed by atoms with Gasteiger partial charge >= 0.3 is 0 Å². The number of fused-ring (bicyclic) bond motifs is 1. The van der Waals surface area contributed by atoms with E-state index in [0.29, 0.717) is 35.1 Å². The summed E-state index contributed by atoms with van der Waals surface area (Å²) in [6.07, 6.45) is 2.15. The number of benzene rings is 3. The SMILES string of the molecule is COc1ccc(-c2cnsc2-c2cc(OC)c(OC)c(OC)c2)cc1NC(=O)C(N)Cc1cc2ccccc2[nH]1.Cl. The van der Waals surface area contributed by atoms with Crippen molar-refractivity contribution in [2.45, 2.75) is 12.5 Å². The van der Waals surface area contributed by atoms with Crippen LogP contribution in [0.2, 0.25) is 0 Å². The lowest BCUT2D eigenvalue weighted by atomic mass is 10.0. The molecule has 4 N–H and O–H groups in total. The number of hydrogen-bond donors (Lipinski definition) is 3. The number of ether oxygens (including phenoxy) is 4. The lowest BCUT2D eigenvalue weighted by Gasteiger charge is -2.16. The molecule has 0 aliphatic heterocycles. The lowest BCUT2D eigenvalue weighted by molar-refractivity contribution is -0.117. The van der Waals surface area contributed by atoms with Crippen molar-refractivity contribution < 1.29 is 23.7 Å². The number of nitrogens with zero attached hydrogens (tertiary/aromatic N) is 1. The van der Waals surface area contributed by atoms with Gasteiger partial charge in [-0.25, -0.2) is 0 Å². The second-order valence-corrected chi connectivity index (χ2v) is 9.88. The van der Waals surface area contributed by atoms with Crippen LogP contribution in [0, 0.1) is 0 Å². The van der Waals surface area contributed by atoms with Crippen LogP contribution < -0.4 is 30.0 Å². The number of halogens is 1. The maximum absolute atomic E-state index is 13.1. The summed E-state index contributed by atoms with van der Waals surface area (Å²) in [7, 11) is 6.28. The van der Waals surface area contributed by atoms with Gasteiger partial charge in [0.05, 0.1) is 45.0 Å². The molecule has 5 aromatic rings. The van der Waals surface area contributed by atoms with Crippen molar-refractivity contribution in [1.82, 2.24) is 9.36 Å². The van der Waals surface area contributed by atoms with Crippen LogP contribution in [-0.4, -0.2) is 49.7 Å². The van der Waals surface area contributed by atoms with E-state index in [1.807, 2.05) is 60.7 Å². The van der Waals surface area contributed by atoms with Gasteiger partial charge in [-0.05, 0) is 58.9 Å². The highest BCUT2D eigenvalue weighted by Crippen LogP contribution is 2.45. The van der Waals surface area contributed by atoms with Crippen molar-refractivity contribution in [3.05, 3.63) is 72.6 Å². The summed E-state index contributed by atoms with van der Waals surface area (Å²) in [4.78, 5) is 17.4. The van der Waals surface area contributed by atoms with Gasteiger partial charge in [-0.1, -0.05) is 24.3 Å². The molecule has 0 fully saturated rings. The van der Waals surface area contributed by atoms with Crippen molar-refractivity contribution in [2.24, 2.45) is 5.73 Å². The number of nitrogens with two attached hydrogens (primary N) is 1. The number of H-pyrrole nitrogens is 1. The van der Waals surface area contributed by atoms with Gasteiger partial charge in [0.15, 0.2) is 11.5 Å². The van der Waals surface area contributed by atoms with Crippen LogP contribution in [0.15, 0.2) is 66.9 Å². The summed E-state index contributed by atoms with van der Waals surface area (Å²) >= 11 is 1.34. The highest BCUT2D eigenvalue weighted by molar-refractivity contribution is 7.10. The Labute approximate surface area is 248 Å². The smallest absolute Gasteiger partial charge is 0.241 e. The van der Waals surface area contributed by atoms with Gasteiger partial charge in [0.25, 0.3) is 0 Å². The quantitative estimate of drug-likeness (QED) is 0.183. The minimum absolute atomic E-state index is 0. The topological polar surface area (TPSA) is 121 Å². The van der Waals surface area contributed by atoms with Gasteiger partial charge in [0, 0.05) is 35.0 Å². The maximum atomic E-state index is 13.1. The molecule has 1 unspecified atom stereocenters. The van der Waals surface area contributed by atoms with Gasteiger partial charge in [-0.15, -0.1) is 12.4 Å². The van der Waals surface area contributed by atoms with Gasteiger partial charge in [-0.3, -0.25) is 4.79 Å². The first-order valence-electron chi connectivity index (χ1n) is 12.5. The summed E-state index contributed by atoms with van der Waals surface area (Å²) in [5.41, 5.74) is 11.3. The lowest BCUT2D eigenvalue weighted by Crippen LogP contribution is -2.37. The van der Waals surface area contributed by atoms with Crippen LogP contribution in [0.5, 0.6) is 23.0 Å². The molecule has 1 amide bonds. The van der Waals surface area contributed by atoms with Crippen LogP contribution in [0.1, 0.15) is 5.69 Å². The Morgan fingerprint density at radius 1 is 0.927 bits per heavy atom. The summed E-state index contributed by atoms with van der Waals surface area (Å²) < 4.78 is 26.5. The Morgan fingerprint density at radius 3 is 2.29 bits per heavy atom. The second-order valence-electron chi connectivity index (χ2n) is 9.08. The van der Waals surface area contributed by atoms with Crippen molar-refractivity contribution in [1.29, 1.82) is 0 Å². The molecule has 5 rings (SSSR count). The maximum Gasteiger partial charge on any atom is 0.241 e. The van der Waals surface area contributed by atoms with Gasteiger partial charge < -0.3 is 35.0 Å². The number of methoxy groups -OCH3 is 4. The van der Waals surface area contributed by atoms with E-state index in [4.69, 9.17) is 24.7 Å². The molecule has 0 saturated carbocycles. The standard InChI is InChI=1S/C30H30N4O5S.ClH/c1-36-25-10-9-17(21-16-32-40-29(21)19-13-26(37-2)28(39-4)27(14-19)38-3)12-24(25)34-30(35)22(31)15-20-11-18-7-5-6-8-23(18)33-20;/h5-14,16,22,33H,15,31H2,1-4H3,(H,34,35);1H. The fourth-order valence-electron chi connectivity index (χ4n) is 4.64. The van der Waals surface area contributed by atoms with Crippen LogP contribution in [0.3, 0.4) is 0 Å². The molecular formula is C30H31ClN4O5S. The minimum atomic E-state index is -0.765. The number of carbonyl (C=O) groups is 1. The summed E-state index contributed by atoms with van der Waals surface area (Å²) in [5, 5.41) is 4.03. The Balaban J connectivity index is 0.00000387. The molecule has 0 aliphatic carbocycles. The zero-order valence-electron chi connectivity index (χ0n) is 23.0. The first kappa shape index (κ1) is 29.7. The van der Waals surface area contributed by atoms with E-state index < -0.39 is 6.04 Å². The molecule has 0 bridgehead atoms. The molecule has 3 aromatic carbocycles. The normalized spacial score (nSPS) is 11.4. The van der Waals surface area contributed by atoms with Gasteiger partial charge in [0.1, 0.15) is 5.75 Å². The van der Waals surface area contributed by atoms with Crippen LogP contribution in [0.4, 0.5) is 5.69 Å². The number of rotatable bonds is 10. The number of carbonyl (C=O) groups excluding carboxylic acids is 1. The van der Waals surface area contributed by atoms with Crippen LogP contribution in [0.25, 0.3) is 32.5 Å². The summed E-state index contributed by atoms with van der Waals surface area (Å²) in [6, 6.07) is 18.5. The van der Waals surface area contributed by atoms with Crippen LogP contribution in [-0.2, 0) is 11.2 Å². The van der Waals surface area contributed by atoms with Crippen molar-refractivity contribution in [3.63, 3.8) is 0 Å². The molecule has 0 radical (unpaired) electrons. The van der Waals surface area contributed by atoms with E-state index in [1.165, 1.54) is 11.5 Å². The Kier molecular flexibility index (Phi) is 9.38. The summed E-state index contributed by atoms with van der Waals surface area (Å²) in [5.74, 6) is 1.80. The number of anilines is 1. The third-order valence-electron chi connectivity index (χ3n) is 6.63. The van der Waals surface area contributed by atoms with E-state index in [1.54, 1.807) is 34.6 Å². The molecule has 214 valence electrons. The van der Waals surface area contributed by atoms with Gasteiger partial charge in [0.2, 0.25) is 11.7 Å². The third-order valence-corrected chi connectivity index (χ3v) is 7.48. The molecule has 11 heteroatoms. The average Bonchev–Trinajstić information content (AvgIpc) is 3.63. The fourth-order valence-corrected chi connectivity index (χ4v) is 5.39. The predicted molar refractivity (Wildman–Crippen MR) is 165 cm³/mol. The second kappa shape index (κ2) is 12.9. The predicted octanol–water partition coefficient (Wildman–Crippen LogP) is 5.92.